The summed E-state index contributed by atoms with van der Waals surface area (Å²) in [6.07, 6.45) is -0.404. The highest BCUT2D eigenvalue weighted by atomic mass is 16.5. The Bertz CT molecular complexity index is 677. The summed E-state index contributed by atoms with van der Waals surface area (Å²) in [5, 5.41) is 0. The van der Waals surface area contributed by atoms with Crippen LogP contribution in [-0.4, -0.2) is 31.9 Å². The number of ether oxygens (including phenoxy) is 2. The number of benzene rings is 2. The Kier molecular flexibility index (Phi) is 6.27. The number of hydrogen-bond acceptors (Lipinski definition) is 4. The van der Waals surface area contributed by atoms with Gasteiger partial charge in [-0.15, -0.1) is 0 Å². The van der Waals surface area contributed by atoms with Gasteiger partial charge < -0.3 is 9.47 Å². The van der Waals surface area contributed by atoms with Gasteiger partial charge in [0.15, 0.2) is 11.6 Å². The number of hydrogen-bond donors (Lipinski definition) is 0. The second kappa shape index (κ2) is 8.41. The lowest BCUT2D eigenvalue weighted by Crippen LogP contribution is -2.31. The van der Waals surface area contributed by atoms with Crippen molar-refractivity contribution < 1.29 is 19.1 Å². The van der Waals surface area contributed by atoms with Crippen molar-refractivity contribution in [3.05, 3.63) is 65.7 Å². The van der Waals surface area contributed by atoms with E-state index < -0.39 is 6.10 Å². The fourth-order valence-electron chi connectivity index (χ4n) is 2.66. The normalized spacial score (nSPS) is 13.1. The molecule has 0 aliphatic rings. The summed E-state index contributed by atoms with van der Waals surface area (Å²) in [6.45, 7) is 1.86. The molecule has 0 spiro atoms. The van der Waals surface area contributed by atoms with Crippen molar-refractivity contribution in [1.29, 1.82) is 0 Å². The van der Waals surface area contributed by atoms with E-state index in [0.29, 0.717) is 16.9 Å². The summed E-state index contributed by atoms with van der Waals surface area (Å²) in [5.41, 5.74) is 1.19. The quantitative estimate of drug-likeness (QED) is 0.692. The standard InChI is InChI=1S/C20H22O4/c1-14(13-18(21)15-9-11-17(23-2)12-10-15)20(24-3)19(22)16-7-5-4-6-8-16/h4-12,14,20H,13H2,1-3H3/t14-,20-/m0/s1. The lowest BCUT2D eigenvalue weighted by Gasteiger charge is -2.21. The van der Waals surface area contributed by atoms with Crippen molar-refractivity contribution in [2.75, 3.05) is 14.2 Å². The average molecular weight is 326 g/mol. The summed E-state index contributed by atoms with van der Waals surface area (Å²) in [7, 11) is 3.08. The first-order valence-corrected chi connectivity index (χ1v) is 7.86. The van der Waals surface area contributed by atoms with Crippen molar-refractivity contribution in [2.24, 2.45) is 5.92 Å². The predicted octanol–water partition coefficient (Wildman–Crippen LogP) is 3.80. The molecule has 0 aromatic heterocycles. The first kappa shape index (κ1) is 17.9. The summed E-state index contributed by atoms with van der Waals surface area (Å²) in [4.78, 5) is 25.0. The van der Waals surface area contributed by atoms with E-state index in [1.54, 1.807) is 43.5 Å². The van der Waals surface area contributed by atoms with Crippen LogP contribution in [-0.2, 0) is 4.74 Å². The molecule has 0 saturated heterocycles. The number of methoxy groups -OCH3 is 2. The van der Waals surface area contributed by atoms with Crippen LogP contribution in [0.2, 0.25) is 0 Å². The minimum Gasteiger partial charge on any atom is -0.497 e. The van der Waals surface area contributed by atoms with E-state index in [4.69, 9.17) is 9.47 Å². The van der Waals surface area contributed by atoms with Crippen LogP contribution in [0.1, 0.15) is 34.1 Å². The van der Waals surface area contributed by atoms with Gasteiger partial charge >= 0.3 is 0 Å². The molecule has 0 heterocycles. The van der Waals surface area contributed by atoms with E-state index in [-0.39, 0.29) is 23.9 Å². The number of carbonyl (C=O) groups excluding carboxylic acids is 2. The van der Waals surface area contributed by atoms with Gasteiger partial charge in [-0.2, -0.15) is 0 Å². The van der Waals surface area contributed by atoms with Gasteiger partial charge in [-0.1, -0.05) is 37.3 Å². The summed E-state index contributed by atoms with van der Waals surface area (Å²) >= 11 is 0. The van der Waals surface area contributed by atoms with Crippen molar-refractivity contribution >= 4 is 11.6 Å². The molecule has 2 rings (SSSR count). The lowest BCUT2D eigenvalue weighted by molar-refractivity contribution is 0.0408. The highest BCUT2D eigenvalue weighted by Gasteiger charge is 2.27. The summed E-state index contributed by atoms with van der Waals surface area (Å²) in [6, 6.07) is 16.0. The lowest BCUT2D eigenvalue weighted by atomic mass is 9.90. The molecule has 0 radical (unpaired) electrons. The van der Waals surface area contributed by atoms with Crippen LogP contribution in [0.5, 0.6) is 5.75 Å². The molecule has 2 aromatic rings. The van der Waals surface area contributed by atoms with Crippen LogP contribution in [0.25, 0.3) is 0 Å². The van der Waals surface area contributed by atoms with E-state index in [2.05, 4.69) is 0 Å². The Labute approximate surface area is 142 Å². The molecule has 0 N–H and O–H groups in total. The highest BCUT2D eigenvalue weighted by molar-refractivity contribution is 6.01. The minimum absolute atomic E-state index is 0.0203. The zero-order valence-electron chi connectivity index (χ0n) is 14.2. The third kappa shape index (κ3) is 4.30. The van der Waals surface area contributed by atoms with Crippen LogP contribution in [0.3, 0.4) is 0 Å². The largest absolute Gasteiger partial charge is 0.497 e. The maximum atomic E-state index is 12.6. The van der Waals surface area contributed by atoms with Crippen LogP contribution >= 0.6 is 0 Å². The van der Waals surface area contributed by atoms with Gasteiger partial charge in [-0.25, -0.2) is 0 Å². The molecule has 0 aliphatic carbocycles. The monoisotopic (exact) mass is 326 g/mol. The molecule has 0 bridgehead atoms. The Morgan fingerprint density at radius 1 is 0.917 bits per heavy atom. The van der Waals surface area contributed by atoms with E-state index in [9.17, 15) is 9.59 Å². The van der Waals surface area contributed by atoms with Gasteiger partial charge in [-0.3, -0.25) is 9.59 Å². The number of ketones is 2. The van der Waals surface area contributed by atoms with Crippen molar-refractivity contribution in [1.82, 2.24) is 0 Å². The first-order chi connectivity index (χ1) is 11.6. The van der Waals surface area contributed by atoms with Gasteiger partial charge in [0.1, 0.15) is 11.9 Å². The molecule has 0 unspecified atom stereocenters. The maximum absolute atomic E-state index is 12.6. The number of carbonyl (C=O) groups is 2. The van der Waals surface area contributed by atoms with Crippen LogP contribution in [0.15, 0.2) is 54.6 Å². The molecule has 0 fully saturated rings. The molecule has 4 heteroatoms. The Morgan fingerprint density at radius 2 is 1.54 bits per heavy atom. The molecule has 126 valence electrons. The second-order valence-corrected chi connectivity index (χ2v) is 5.72. The third-order valence-electron chi connectivity index (χ3n) is 4.01. The Morgan fingerprint density at radius 3 is 2.08 bits per heavy atom. The Hall–Kier alpha value is -2.46. The van der Waals surface area contributed by atoms with E-state index >= 15 is 0 Å². The molecule has 0 amide bonds. The van der Waals surface area contributed by atoms with Gasteiger partial charge in [0.05, 0.1) is 7.11 Å². The van der Waals surface area contributed by atoms with Crippen LogP contribution in [0, 0.1) is 5.92 Å². The Balaban J connectivity index is 2.06. The van der Waals surface area contributed by atoms with Crippen LogP contribution in [0.4, 0.5) is 0 Å². The molecule has 4 nitrogen and oxygen atoms in total. The maximum Gasteiger partial charge on any atom is 0.191 e. The van der Waals surface area contributed by atoms with Gasteiger partial charge in [0.2, 0.25) is 0 Å². The first-order valence-electron chi connectivity index (χ1n) is 7.86. The summed E-state index contributed by atoms with van der Waals surface area (Å²) < 4.78 is 10.5. The topological polar surface area (TPSA) is 52.6 Å². The zero-order chi connectivity index (χ0) is 17.5. The van der Waals surface area contributed by atoms with Gasteiger partial charge in [0.25, 0.3) is 0 Å². The molecular formula is C20H22O4. The minimum atomic E-state index is -0.644. The number of rotatable bonds is 8. The zero-order valence-corrected chi connectivity index (χ0v) is 14.2. The van der Waals surface area contributed by atoms with E-state index in [1.165, 1.54) is 7.11 Å². The fourth-order valence-corrected chi connectivity index (χ4v) is 2.66. The molecule has 0 saturated carbocycles. The van der Waals surface area contributed by atoms with Gasteiger partial charge in [0, 0.05) is 24.7 Å². The number of Topliss-reactive ketones (excluding diaryl/α,β-unsaturated/α-hetero) is 2. The molecule has 24 heavy (non-hydrogen) atoms. The third-order valence-corrected chi connectivity index (χ3v) is 4.01. The molecule has 2 atom stereocenters. The summed E-state index contributed by atoms with van der Waals surface area (Å²) in [5.74, 6) is 0.354. The molecule has 2 aromatic carbocycles. The molecular weight excluding hydrogens is 304 g/mol. The predicted molar refractivity (Wildman–Crippen MR) is 92.7 cm³/mol. The van der Waals surface area contributed by atoms with E-state index in [0.717, 1.165) is 0 Å². The average Bonchev–Trinajstić information content (AvgIpc) is 2.63. The van der Waals surface area contributed by atoms with Crippen molar-refractivity contribution in [3.8, 4) is 5.75 Å². The molecule has 0 aliphatic heterocycles. The van der Waals surface area contributed by atoms with Crippen LogP contribution < -0.4 is 4.74 Å². The smallest absolute Gasteiger partial charge is 0.191 e. The van der Waals surface area contributed by atoms with Gasteiger partial charge in [-0.05, 0) is 30.2 Å². The fraction of sp³-hybridized carbons (Fsp3) is 0.300. The van der Waals surface area contributed by atoms with Crippen molar-refractivity contribution in [3.63, 3.8) is 0 Å². The highest BCUT2D eigenvalue weighted by Crippen LogP contribution is 2.20. The second-order valence-electron chi connectivity index (χ2n) is 5.72. The SMILES string of the molecule is COc1ccc(C(=O)C[C@H](C)[C@H](OC)C(=O)c2ccccc2)cc1. The van der Waals surface area contributed by atoms with E-state index in [1.807, 2.05) is 25.1 Å². The van der Waals surface area contributed by atoms with Crippen molar-refractivity contribution in [2.45, 2.75) is 19.4 Å².